The number of hydrogen-bond acceptors (Lipinski definition) is 6. The zero-order valence-electron chi connectivity index (χ0n) is 22.1. The van der Waals surface area contributed by atoms with Gasteiger partial charge in [-0.2, -0.15) is 17.5 Å². The van der Waals surface area contributed by atoms with Crippen LogP contribution in [0.1, 0.15) is 35.5 Å². The average Bonchev–Trinajstić information content (AvgIpc) is 3.50. The van der Waals surface area contributed by atoms with Gasteiger partial charge < -0.3 is 15.7 Å². The first-order valence-corrected chi connectivity index (χ1v) is 15.0. The van der Waals surface area contributed by atoms with E-state index in [2.05, 4.69) is 10.6 Å². The molecular formula is C27H29F4N3O5S2. The second kappa shape index (κ2) is 12.0. The summed E-state index contributed by atoms with van der Waals surface area (Å²) in [7, 11) is -4.75. The van der Waals surface area contributed by atoms with Crippen LogP contribution in [0.4, 0.5) is 17.6 Å². The normalized spacial score (nSPS) is 19.0. The Morgan fingerprint density at radius 3 is 2.49 bits per heavy atom. The molecule has 0 bridgehead atoms. The van der Waals surface area contributed by atoms with Crippen molar-refractivity contribution in [1.29, 1.82) is 0 Å². The lowest BCUT2D eigenvalue weighted by molar-refractivity contribution is -0.140. The highest BCUT2D eigenvalue weighted by Gasteiger charge is 2.43. The molecule has 41 heavy (non-hydrogen) atoms. The first-order chi connectivity index (χ1) is 19.2. The third-order valence-corrected chi connectivity index (χ3v) is 9.76. The molecule has 1 saturated heterocycles. The summed E-state index contributed by atoms with van der Waals surface area (Å²) in [6, 6.07) is 9.55. The van der Waals surface area contributed by atoms with Gasteiger partial charge in [-0.3, -0.25) is 9.59 Å². The van der Waals surface area contributed by atoms with Crippen molar-refractivity contribution in [3.05, 3.63) is 64.8 Å². The summed E-state index contributed by atoms with van der Waals surface area (Å²) in [5, 5.41) is 16.8. The Morgan fingerprint density at radius 2 is 1.83 bits per heavy atom. The van der Waals surface area contributed by atoms with Gasteiger partial charge in [-0.25, -0.2) is 12.8 Å². The number of aliphatic hydroxyl groups excluding tert-OH is 1. The van der Waals surface area contributed by atoms with Crippen LogP contribution in [0, 0.1) is 17.7 Å². The molecule has 3 atom stereocenters. The minimum absolute atomic E-state index is 0.0321. The monoisotopic (exact) mass is 615 g/mol. The predicted molar refractivity (Wildman–Crippen MR) is 145 cm³/mol. The van der Waals surface area contributed by atoms with Gasteiger partial charge in [0.2, 0.25) is 15.9 Å². The lowest BCUT2D eigenvalue weighted by Gasteiger charge is -2.22. The first-order valence-electron chi connectivity index (χ1n) is 12.8. The molecule has 3 N–H and O–H groups in total. The number of nitrogens with zero attached hydrogens (tertiary/aromatic N) is 1. The zero-order chi connectivity index (χ0) is 30.1. The van der Waals surface area contributed by atoms with Crippen molar-refractivity contribution in [1.82, 2.24) is 14.9 Å². The number of carbonyl (C=O) groups is 2. The lowest BCUT2D eigenvalue weighted by atomic mass is 10.0. The number of hydrogen-bond donors (Lipinski definition) is 3. The second-order valence-electron chi connectivity index (χ2n) is 10.3. The number of sulfonamides is 1. The smallest absolute Gasteiger partial charge is 0.391 e. The topological polar surface area (TPSA) is 116 Å². The van der Waals surface area contributed by atoms with E-state index in [4.69, 9.17) is 0 Å². The Labute approximate surface area is 238 Å². The van der Waals surface area contributed by atoms with Crippen LogP contribution in [0.15, 0.2) is 53.4 Å². The molecule has 0 saturated carbocycles. The van der Waals surface area contributed by atoms with E-state index >= 15 is 0 Å². The van der Waals surface area contributed by atoms with Crippen molar-refractivity contribution in [2.75, 3.05) is 19.6 Å². The van der Waals surface area contributed by atoms with Crippen molar-refractivity contribution in [3.8, 4) is 0 Å². The predicted octanol–water partition coefficient (Wildman–Crippen LogP) is 4.00. The van der Waals surface area contributed by atoms with Crippen molar-refractivity contribution >= 4 is 43.3 Å². The third-order valence-electron chi connectivity index (χ3n) is 6.75. The Kier molecular flexibility index (Phi) is 9.07. The Bertz CT molecular complexity index is 1510. The number of alkyl halides is 3. The number of thiophene rings is 1. The largest absolute Gasteiger partial charge is 0.417 e. The molecule has 1 aliphatic rings. The maximum absolute atomic E-state index is 13.5. The number of carbonyl (C=O) groups excluding carboxylic acids is 2. The van der Waals surface area contributed by atoms with Crippen LogP contribution in [-0.2, 0) is 21.0 Å². The summed E-state index contributed by atoms with van der Waals surface area (Å²) in [5.41, 5.74) is -1.64. The molecule has 1 unspecified atom stereocenters. The van der Waals surface area contributed by atoms with Gasteiger partial charge in [0.05, 0.1) is 21.4 Å². The number of rotatable bonds is 9. The summed E-state index contributed by atoms with van der Waals surface area (Å²) < 4.78 is 81.6. The summed E-state index contributed by atoms with van der Waals surface area (Å²) in [6.07, 6.45) is -6.10. The van der Waals surface area contributed by atoms with Crippen LogP contribution < -0.4 is 10.6 Å². The number of benzene rings is 2. The van der Waals surface area contributed by atoms with Crippen LogP contribution in [0.25, 0.3) is 10.1 Å². The molecule has 1 aromatic heterocycles. The molecule has 2 amide bonds. The molecule has 0 radical (unpaired) electrons. The lowest BCUT2D eigenvalue weighted by Crippen LogP contribution is -2.49. The van der Waals surface area contributed by atoms with E-state index in [1.165, 1.54) is 11.3 Å². The van der Waals surface area contributed by atoms with Gasteiger partial charge in [-0.1, -0.05) is 32.0 Å². The third kappa shape index (κ3) is 7.05. The SMILES string of the molecule is CC(C)C[C@H](NC(=O)c1cc2ccccc2s1)C(=O)NCC1CN(S(=O)(=O)c2ccc(F)cc2C(F)(F)F)C[C@H]1O. The van der Waals surface area contributed by atoms with Crippen LogP contribution in [0.2, 0.25) is 0 Å². The van der Waals surface area contributed by atoms with E-state index in [-0.39, 0.29) is 25.1 Å². The minimum atomic E-state index is -5.12. The van der Waals surface area contributed by atoms with Crippen LogP contribution in [-0.4, -0.2) is 61.4 Å². The summed E-state index contributed by atoms with van der Waals surface area (Å²) in [5.74, 6) is -3.01. The maximum Gasteiger partial charge on any atom is 0.417 e. The zero-order valence-corrected chi connectivity index (χ0v) is 23.7. The number of halogens is 4. The highest BCUT2D eigenvalue weighted by atomic mass is 32.2. The van der Waals surface area contributed by atoms with E-state index in [0.717, 1.165) is 10.1 Å². The quantitative estimate of drug-likeness (QED) is 0.315. The molecule has 3 aromatic rings. The molecule has 14 heteroatoms. The van der Waals surface area contributed by atoms with E-state index < -0.39 is 68.9 Å². The van der Waals surface area contributed by atoms with Gasteiger partial charge in [-0.15, -0.1) is 11.3 Å². The molecule has 1 fully saturated rings. The van der Waals surface area contributed by atoms with Gasteiger partial charge in [0.25, 0.3) is 5.91 Å². The average molecular weight is 616 g/mol. The fourth-order valence-electron chi connectivity index (χ4n) is 4.68. The highest BCUT2D eigenvalue weighted by Crippen LogP contribution is 2.37. The Morgan fingerprint density at radius 1 is 1.12 bits per heavy atom. The van der Waals surface area contributed by atoms with Crippen LogP contribution in [0.5, 0.6) is 0 Å². The van der Waals surface area contributed by atoms with Crippen molar-refractivity contribution in [2.45, 2.75) is 43.5 Å². The highest BCUT2D eigenvalue weighted by molar-refractivity contribution is 7.89. The van der Waals surface area contributed by atoms with E-state index in [9.17, 15) is 40.7 Å². The van der Waals surface area contributed by atoms with Crippen molar-refractivity contribution in [2.24, 2.45) is 11.8 Å². The van der Waals surface area contributed by atoms with Gasteiger partial charge in [0, 0.05) is 30.3 Å². The van der Waals surface area contributed by atoms with Crippen LogP contribution >= 0.6 is 11.3 Å². The molecule has 4 rings (SSSR count). The molecule has 0 aliphatic carbocycles. The first kappa shape index (κ1) is 30.9. The summed E-state index contributed by atoms with van der Waals surface area (Å²) in [4.78, 5) is 25.3. The van der Waals surface area contributed by atoms with Crippen LogP contribution in [0.3, 0.4) is 0 Å². The maximum atomic E-state index is 13.5. The number of nitrogens with one attached hydrogen (secondary N) is 2. The fourth-order valence-corrected chi connectivity index (χ4v) is 7.35. The summed E-state index contributed by atoms with van der Waals surface area (Å²) in [6.45, 7) is 2.69. The number of aliphatic hydroxyl groups is 1. The molecule has 8 nitrogen and oxygen atoms in total. The van der Waals surface area contributed by atoms with Gasteiger partial charge >= 0.3 is 6.18 Å². The fraction of sp³-hybridized carbons (Fsp3) is 0.407. The van der Waals surface area contributed by atoms with Crippen molar-refractivity contribution in [3.63, 3.8) is 0 Å². The molecule has 222 valence electrons. The van der Waals surface area contributed by atoms with E-state index in [1.807, 2.05) is 38.1 Å². The van der Waals surface area contributed by atoms with E-state index in [1.54, 1.807) is 6.07 Å². The molecular weight excluding hydrogens is 586 g/mol. The van der Waals surface area contributed by atoms with E-state index in [0.29, 0.717) is 27.7 Å². The molecule has 2 heterocycles. The Hall–Kier alpha value is -3.07. The van der Waals surface area contributed by atoms with Crippen molar-refractivity contribution < 1.29 is 40.7 Å². The number of amides is 2. The standard InChI is InChI=1S/C27H29F4N3O5S2/c1-15(2)9-20(33-26(37)23-10-16-5-3-4-6-22(16)40-23)25(36)32-12-17-13-34(14-21(17)35)41(38,39)24-8-7-18(28)11-19(24)27(29,30)31/h3-8,10-11,15,17,20-21,35H,9,12-14H2,1-2H3,(H,32,36)(H,33,37)/t17?,20-,21+/m0/s1. The number of fused-ring (bicyclic) bond motifs is 1. The van der Waals surface area contributed by atoms with Gasteiger partial charge in [0.15, 0.2) is 0 Å². The van der Waals surface area contributed by atoms with Gasteiger partial charge in [-0.05, 0) is 48.1 Å². The molecule has 1 aliphatic heterocycles. The summed E-state index contributed by atoms with van der Waals surface area (Å²) >= 11 is 1.29. The molecule has 0 spiro atoms. The van der Waals surface area contributed by atoms with Gasteiger partial charge in [0.1, 0.15) is 11.9 Å². The molecule has 2 aromatic carbocycles. The minimum Gasteiger partial charge on any atom is -0.391 e. The Balaban J connectivity index is 1.43. The number of β-amino-alcohol motifs (C(OH)–C–C–N with tert-alkyl or cyclic N) is 1. The second-order valence-corrected chi connectivity index (χ2v) is 13.3.